The summed E-state index contributed by atoms with van der Waals surface area (Å²) >= 11 is 0. The van der Waals surface area contributed by atoms with E-state index in [0.29, 0.717) is 23.5 Å². The summed E-state index contributed by atoms with van der Waals surface area (Å²) in [5.41, 5.74) is 0.419. The third kappa shape index (κ3) is 5.12. The van der Waals surface area contributed by atoms with Gasteiger partial charge in [-0.15, -0.1) is 13.2 Å². The lowest BCUT2D eigenvalue weighted by atomic mass is 9.65. The lowest BCUT2D eigenvalue weighted by molar-refractivity contribution is -0.276. The van der Waals surface area contributed by atoms with E-state index in [4.69, 9.17) is 4.74 Å². The van der Waals surface area contributed by atoms with E-state index in [2.05, 4.69) is 11.7 Å². The van der Waals surface area contributed by atoms with Crippen LogP contribution in [-0.4, -0.2) is 19.1 Å². The Morgan fingerprint density at radius 2 is 1.59 bits per heavy atom. The maximum Gasteiger partial charge on any atom is 0.573 e. The average molecular weight is 392 g/mol. The molecule has 0 spiro atoms. The lowest BCUT2D eigenvalue weighted by Crippen LogP contribution is -2.34. The summed E-state index contributed by atoms with van der Waals surface area (Å²) in [6, 6.07) is 1.98. The quantitative estimate of drug-likeness (QED) is 0.544. The molecule has 0 heterocycles. The summed E-state index contributed by atoms with van der Waals surface area (Å²) in [6.07, 6.45) is 1.76. The molecule has 2 saturated carbocycles. The van der Waals surface area contributed by atoms with Crippen molar-refractivity contribution in [3.8, 4) is 5.75 Å². The van der Waals surface area contributed by atoms with E-state index in [-0.39, 0.29) is 5.92 Å². The molecule has 0 aliphatic heterocycles. The Hall–Kier alpha value is -1.37. The predicted molar refractivity (Wildman–Crippen MR) is 90.5 cm³/mol. The summed E-state index contributed by atoms with van der Waals surface area (Å²) in [6.45, 7) is 2.86. The molecule has 152 valence electrons. The van der Waals surface area contributed by atoms with Crippen molar-refractivity contribution in [3.63, 3.8) is 0 Å². The minimum absolute atomic E-state index is 0.0386. The molecule has 2 aliphatic carbocycles. The monoisotopic (exact) mass is 392 g/mol. The summed E-state index contributed by atoms with van der Waals surface area (Å²) in [5, 5.41) is 0. The summed E-state index contributed by atoms with van der Waals surface area (Å²) in [5.74, 6) is -3.00. The maximum atomic E-state index is 14.0. The molecule has 0 aromatic heterocycles. The van der Waals surface area contributed by atoms with Gasteiger partial charge in [0.15, 0.2) is 11.6 Å². The van der Waals surface area contributed by atoms with Crippen LogP contribution in [0.1, 0.15) is 63.4 Å². The largest absolute Gasteiger partial charge is 0.573 e. The molecule has 0 bridgehead atoms. The van der Waals surface area contributed by atoms with Crippen LogP contribution in [0.4, 0.5) is 22.0 Å². The van der Waals surface area contributed by atoms with Crippen LogP contribution in [0.2, 0.25) is 0 Å². The highest BCUT2D eigenvalue weighted by Crippen LogP contribution is 2.47. The second-order valence-electron chi connectivity index (χ2n) is 7.70. The highest BCUT2D eigenvalue weighted by molar-refractivity contribution is 5.33. The first kappa shape index (κ1) is 20.4. The van der Waals surface area contributed by atoms with Crippen LogP contribution >= 0.6 is 0 Å². The van der Waals surface area contributed by atoms with Crippen LogP contribution in [0.15, 0.2) is 12.1 Å². The number of rotatable bonds is 5. The van der Waals surface area contributed by atoms with Crippen molar-refractivity contribution < 1.29 is 31.4 Å². The van der Waals surface area contributed by atoms with Gasteiger partial charge in [0.2, 0.25) is 5.75 Å². The molecule has 2 fully saturated rings. The molecule has 2 aliphatic rings. The second-order valence-corrected chi connectivity index (χ2v) is 7.70. The number of fused-ring (bicyclic) bond motifs is 1. The van der Waals surface area contributed by atoms with Crippen LogP contribution in [0.3, 0.4) is 0 Å². The van der Waals surface area contributed by atoms with Crippen LogP contribution in [0, 0.1) is 23.5 Å². The Balaban J connectivity index is 1.66. The zero-order valence-corrected chi connectivity index (χ0v) is 15.3. The molecule has 4 unspecified atom stereocenters. The topological polar surface area (TPSA) is 18.5 Å². The smallest absolute Gasteiger partial charge is 0.399 e. The summed E-state index contributed by atoms with van der Waals surface area (Å²) < 4.78 is 74.2. The van der Waals surface area contributed by atoms with Gasteiger partial charge in [-0.25, -0.2) is 8.78 Å². The Bertz CT molecular complexity index is 623. The van der Waals surface area contributed by atoms with Gasteiger partial charge in [0.05, 0.1) is 6.10 Å². The molecule has 0 saturated heterocycles. The molecule has 27 heavy (non-hydrogen) atoms. The van der Waals surface area contributed by atoms with Crippen LogP contribution in [0.25, 0.3) is 0 Å². The molecule has 3 rings (SSSR count). The second kappa shape index (κ2) is 8.33. The van der Waals surface area contributed by atoms with Gasteiger partial charge in [-0.05, 0) is 80.4 Å². The van der Waals surface area contributed by atoms with E-state index in [1.54, 1.807) is 0 Å². The maximum absolute atomic E-state index is 14.0. The minimum atomic E-state index is -5.13. The van der Waals surface area contributed by atoms with Crippen molar-refractivity contribution >= 4 is 0 Å². The van der Waals surface area contributed by atoms with Crippen molar-refractivity contribution in [2.75, 3.05) is 6.61 Å². The molecule has 0 amide bonds. The molecule has 2 nitrogen and oxygen atoms in total. The van der Waals surface area contributed by atoms with Gasteiger partial charge in [0.1, 0.15) is 0 Å². The molecule has 7 heteroatoms. The molecular formula is C20H25F5O2. The van der Waals surface area contributed by atoms with Gasteiger partial charge >= 0.3 is 6.36 Å². The highest BCUT2D eigenvalue weighted by atomic mass is 19.4. The average Bonchev–Trinajstić information content (AvgIpc) is 2.61. The third-order valence-electron chi connectivity index (χ3n) is 5.83. The van der Waals surface area contributed by atoms with Gasteiger partial charge in [-0.3, -0.25) is 0 Å². The molecule has 1 aromatic rings. The Labute approximate surface area is 156 Å². The number of halogens is 5. The predicted octanol–water partition coefficient (Wildman–Crippen LogP) is 6.34. The van der Waals surface area contributed by atoms with E-state index in [9.17, 15) is 22.0 Å². The minimum Gasteiger partial charge on any atom is -0.399 e. The number of hydrogen-bond donors (Lipinski definition) is 0. The number of benzene rings is 1. The van der Waals surface area contributed by atoms with Crippen LogP contribution in [-0.2, 0) is 4.74 Å². The summed E-state index contributed by atoms with van der Waals surface area (Å²) in [4.78, 5) is 0. The Kier molecular flexibility index (Phi) is 6.28. The first-order chi connectivity index (χ1) is 12.8. The van der Waals surface area contributed by atoms with Gasteiger partial charge < -0.3 is 9.47 Å². The zero-order chi connectivity index (χ0) is 19.6. The van der Waals surface area contributed by atoms with Crippen molar-refractivity contribution in [2.45, 2.75) is 70.3 Å². The van der Waals surface area contributed by atoms with E-state index in [1.165, 1.54) is 0 Å². The van der Waals surface area contributed by atoms with Crippen LogP contribution < -0.4 is 4.74 Å². The lowest BCUT2D eigenvalue weighted by Gasteiger charge is -2.42. The fraction of sp³-hybridized carbons (Fsp3) is 0.700. The van der Waals surface area contributed by atoms with Crippen molar-refractivity contribution in [3.05, 3.63) is 29.3 Å². The number of hydrogen-bond acceptors (Lipinski definition) is 2. The molecular weight excluding hydrogens is 367 g/mol. The summed E-state index contributed by atoms with van der Waals surface area (Å²) in [7, 11) is 0. The fourth-order valence-corrected chi connectivity index (χ4v) is 4.61. The highest BCUT2D eigenvalue weighted by Gasteiger charge is 2.38. The van der Waals surface area contributed by atoms with Gasteiger partial charge in [0.25, 0.3) is 0 Å². The first-order valence-electron chi connectivity index (χ1n) is 9.63. The van der Waals surface area contributed by atoms with Gasteiger partial charge in [-0.2, -0.15) is 0 Å². The Morgan fingerprint density at radius 1 is 0.963 bits per heavy atom. The van der Waals surface area contributed by atoms with E-state index in [1.807, 2.05) is 0 Å². The third-order valence-corrected chi connectivity index (χ3v) is 5.83. The van der Waals surface area contributed by atoms with E-state index >= 15 is 0 Å². The standard InChI is InChI=1S/C20H25F5O2/c1-2-7-26-16-6-5-12-8-13(3-4-14(12)9-16)15-10-17(21)19(18(22)11-15)27-20(23,24)25/h10-14,16H,2-9H2,1H3. The molecule has 4 atom stereocenters. The van der Waals surface area contributed by atoms with Gasteiger partial charge in [-0.1, -0.05) is 6.92 Å². The van der Waals surface area contributed by atoms with Crippen molar-refractivity contribution in [1.29, 1.82) is 0 Å². The number of ether oxygens (including phenoxy) is 2. The molecule has 0 radical (unpaired) electrons. The fourth-order valence-electron chi connectivity index (χ4n) is 4.61. The zero-order valence-electron chi connectivity index (χ0n) is 15.3. The van der Waals surface area contributed by atoms with Gasteiger partial charge in [0, 0.05) is 6.61 Å². The SMILES string of the molecule is CCCOC1CCC2CC(c3cc(F)c(OC(F)(F)F)c(F)c3)CCC2C1. The van der Waals surface area contributed by atoms with E-state index < -0.39 is 23.7 Å². The van der Waals surface area contributed by atoms with Crippen LogP contribution in [0.5, 0.6) is 5.75 Å². The van der Waals surface area contributed by atoms with Crippen molar-refractivity contribution in [2.24, 2.45) is 11.8 Å². The van der Waals surface area contributed by atoms with Crippen molar-refractivity contribution in [1.82, 2.24) is 0 Å². The van der Waals surface area contributed by atoms with E-state index in [0.717, 1.165) is 63.7 Å². The number of alkyl halides is 3. The molecule has 0 N–H and O–H groups in total. The molecule has 1 aromatic carbocycles. The normalized spacial score (nSPS) is 28.7. The first-order valence-corrected chi connectivity index (χ1v) is 9.63. The Morgan fingerprint density at radius 3 is 2.22 bits per heavy atom.